The summed E-state index contributed by atoms with van der Waals surface area (Å²) in [7, 11) is -3.55. The van der Waals surface area contributed by atoms with E-state index in [-0.39, 0.29) is 29.5 Å². The fourth-order valence-corrected chi connectivity index (χ4v) is 3.61. The highest BCUT2D eigenvalue weighted by Crippen LogP contribution is 2.14. The molecule has 0 saturated carbocycles. The van der Waals surface area contributed by atoms with E-state index in [1.807, 2.05) is 27.7 Å². The number of ether oxygens (including phenoxy) is 2. The SMILES string of the molecule is Cc1ccc(S(=O)(=O)CCC(=O)/C=C/[C@@H](COC(C)(C)C)NC(=O)OC(C)(C)C)cc1. The number of hydrogen-bond donors (Lipinski definition) is 1. The van der Waals surface area contributed by atoms with Crippen LogP contribution >= 0.6 is 0 Å². The van der Waals surface area contributed by atoms with E-state index in [2.05, 4.69) is 5.32 Å². The van der Waals surface area contributed by atoms with Gasteiger partial charge in [-0.1, -0.05) is 23.8 Å². The van der Waals surface area contributed by atoms with Crippen LogP contribution in [0.25, 0.3) is 0 Å². The summed E-state index contributed by atoms with van der Waals surface area (Å²) in [6.45, 7) is 12.9. The summed E-state index contributed by atoms with van der Waals surface area (Å²) in [5, 5.41) is 2.66. The molecule has 8 heteroatoms. The van der Waals surface area contributed by atoms with Crippen LogP contribution in [0.1, 0.15) is 53.5 Å². The monoisotopic (exact) mass is 453 g/mol. The van der Waals surface area contributed by atoms with Gasteiger partial charge in [-0.05, 0) is 66.7 Å². The minimum Gasteiger partial charge on any atom is -0.444 e. The Bertz CT molecular complexity index is 874. The highest BCUT2D eigenvalue weighted by molar-refractivity contribution is 7.91. The van der Waals surface area contributed by atoms with E-state index >= 15 is 0 Å². The molecule has 0 aliphatic heterocycles. The molecule has 0 aromatic heterocycles. The first-order chi connectivity index (χ1) is 14.1. The van der Waals surface area contributed by atoms with Crippen LogP contribution in [0.15, 0.2) is 41.3 Å². The smallest absolute Gasteiger partial charge is 0.408 e. The van der Waals surface area contributed by atoms with Gasteiger partial charge in [0.25, 0.3) is 0 Å². The summed E-state index contributed by atoms with van der Waals surface area (Å²) >= 11 is 0. The number of alkyl carbamates (subject to hydrolysis) is 1. The average molecular weight is 454 g/mol. The summed E-state index contributed by atoms with van der Waals surface area (Å²) < 4.78 is 35.8. The van der Waals surface area contributed by atoms with Crippen molar-refractivity contribution in [3.63, 3.8) is 0 Å². The number of benzene rings is 1. The first-order valence-electron chi connectivity index (χ1n) is 10.2. The third-order valence-electron chi connectivity index (χ3n) is 3.91. The molecule has 0 heterocycles. The van der Waals surface area contributed by atoms with Crippen molar-refractivity contribution in [1.82, 2.24) is 5.32 Å². The number of nitrogens with one attached hydrogen (secondary N) is 1. The molecule has 0 saturated heterocycles. The highest BCUT2D eigenvalue weighted by Gasteiger charge is 2.21. The van der Waals surface area contributed by atoms with Gasteiger partial charge >= 0.3 is 6.09 Å². The summed E-state index contributed by atoms with van der Waals surface area (Å²) in [6, 6.07) is 5.91. The molecule has 0 bridgehead atoms. The Labute approximate surface area is 186 Å². The van der Waals surface area contributed by atoms with Crippen LogP contribution in [0.3, 0.4) is 0 Å². The quantitative estimate of drug-likeness (QED) is 0.568. The summed E-state index contributed by atoms with van der Waals surface area (Å²) in [4.78, 5) is 24.5. The Balaban J connectivity index is 2.75. The van der Waals surface area contributed by atoms with Crippen molar-refractivity contribution in [2.75, 3.05) is 12.4 Å². The van der Waals surface area contributed by atoms with E-state index in [9.17, 15) is 18.0 Å². The van der Waals surface area contributed by atoms with Gasteiger partial charge in [0, 0.05) is 6.42 Å². The van der Waals surface area contributed by atoms with E-state index in [4.69, 9.17) is 9.47 Å². The second-order valence-electron chi connectivity index (χ2n) is 9.38. The molecule has 0 aliphatic rings. The second kappa shape index (κ2) is 10.9. The van der Waals surface area contributed by atoms with Crippen molar-refractivity contribution >= 4 is 21.7 Å². The van der Waals surface area contributed by atoms with Crippen LogP contribution in [0.5, 0.6) is 0 Å². The first-order valence-corrected chi connectivity index (χ1v) is 11.9. The zero-order chi connectivity index (χ0) is 23.9. The van der Waals surface area contributed by atoms with E-state index in [1.165, 1.54) is 24.3 Å². The number of ketones is 1. The fraction of sp³-hybridized carbons (Fsp3) is 0.565. The van der Waals surface area contributed by atoms with Gasteiger partial charge in [-0.3, -0.25) is 4.79 Å². The number of sulfone groups is 1. The Morgan fingerprint density at radius 1 is 1.03 bits per heavy atom. The van der Waals surface area contributed by atoms with E-state index < -0.39 is 33.2 Å². The zero-order valence-corrected chi connectivity index (χ0v) is 20.3. The number of aryl methyl sites for hydroxylation is 1. The molecule has 0 unspecified atom stereocenters. The summed E-state index contributed by atoms with van der Waals surface area (Å²) in [5.41, 5.74) is -0.143. The number of amides is 1. The minimum atomic E-state index is -3.55. The Kier molecular flexibility index (Phi) is 9.44. The van der Waals surface area contributed by atoms with Crippen molar-refractivity contribution in [3.8, 4) is 0 Å². The number of allylic oxidation sites excluding steroid dienone is 1. The van der Waals surface area contributed by atoms with Crippen LogP contribution in [-0.4, -0.2) is 49.9 Å². The molecular formula is C23H35NO6S. The number of carbonyl (C=O) groups is 2. The van der Waals surface area contributed by atoms with Gasteiger partial charge < -0.3 is 14.8 Å². The Morgan fingerprint density at radius 2 is 1.61 bits per heavy atom. The maximum absolute atomic E-state index is 12.4. The van der Waals surface area contributed by atoms with Crippen LogP contribution in [0, 0.1) is 6.92 Å². The molecule has 7 nitrogen and oxygen atoms in total. The third kappa shape index (κ3) is 11.7. The highest BCUT2D eigenvalue weighted by atomic mass is 32.2. The molecule has 1 N–H and O–H groups in total. The van der Waals surface area contributed by atoms with Crippen molar-refractivity contribution < 1.29 is 27.5 Å². The molecule has 0 aliphatic carbocycles. The normalized spacial score (nSPS) is 13.8. The molecule has 1 amide bonds. The lowest BCUT2D eigenvalue weighted by molar-refractivity contribution is -0.114. The van der Waals surface area contributed by atoms with Crippen LogP contribution < -0.4 is 5.32 Å². The van der Waals surface area contributed by atoms with Crippen LogP contribution in [0.4, 0.5) is 4.79 Å². The molecule has 0 fully saturated rings. The van der Waals surface area contributed by atoms with Gasteiger partial charge in [0.05, 0.1) is 28.9 Å². The molecule has 0 radical (unpaired) electrons. The van der Waals surface area contributed by atoms with E-state index in [0.29, 0.717) is 0 Å². The summed E-state index contributed by atoms with van der Waals surface area (Å²) in [5.74, 6) is -0.649. The number of carbonyl (C=O) groups excluding carboxylic acids is 2. The van der Waals surface area contributed by atoms with Crippen LogP contribution in [0.2, 0.25) is 0 Å². The number of hydrogen-bond acceptors (Lipinski definition) is 6. The van der Waals surface area contributed by atoms with Crippen molar-refractivity contribution in [2.45, 2.75) is 77.0 Å². The van der Waals surface area contributed by atoms with Gasteiger partial charge in [-0.25, -0.2) is 13.2 Å². The fourth-order valence-electron chi connectivity index (χ4n) is 2.35. The molecule has 1 rings (SSSR count). The lowest BCUT2D eigenvalue weighted by Crippen LogP contribution is -2.42. The standard InChI is InChI=1S/C23H35NO6S/c1-17-8-12-20(13-9-17)31(27,28)15-14-19(25)11-10-18(16-29-22(2,3)4)24-21(26)30-23(5,6)7/h8-13,18H,14-16H2,1-7H3,(H,24,26)/b11-10+/t18-/m0/s1. The predicted molar refractivity (Wildman–Crippen MR) is 121 cm³/mol. The van der Waals surface area contributed by atoms with Gasteiger partial charge in [0.1, 0.15) is 5.60 Å². The van der Waals surface area contributed by atoms with E-state index in [0.717, 1.165) is 5.56 Å². The van der Waals surface area contributed by atoms with Gasteiger partial charge in [0.15, 0.2) is 15.6 Å². The topological polar surface area (TPSA) is 98.8 Å². The Morgan fingerprint density at radius 3 is 2.13 bits per heavy atom. The van der Waals surface area contributed by atoms with Crippen LogP contribution in [-0.2, 0) is 24.1 Å². The molecule has 1 atom stereocenters. The second-order valence-corrected chi connectivity index (χ2v) is 11.5. The maximum Gasteiger partial charge on any atom is 0.408 e. The zero-order valence-electron chi connectivity index (χ0n) is 19.5. The number of rotatable bonds is 9. The molecule has 31 heavy (non-hydrogen) atoms. The Hall–Kier alpha value is -2.19. The molecular weight excluding hydrogens is 418 g/mol. The van der Waals surface area contributed by atoms with E-state index in [1.54, 1.807) is 32.9 Å². The minimum absolute atomic E-state index is 0.133. The molecule has 174 valence electrons. The first kappa shape index (κ1) is 26.8. The maximum atomic E-state index is 12.4. The lowest BCUT2D eigenvalue weighted by atomic mass is 10.2. The molecule has 1 aromatic rings. The third-order valence-corrected chi connectivity index (χ3v) is 5.64. The predicted octanol–water partition coefficient (Wildman–Crippen LogP) is 3.99. The van der Waals surface area contributed by atoms with Gasteiger partial charge in [0.2, 0.25) is 0 Å². The van der Waals surface area contributed by atoms with Crippen molar-refractivity contribution in [2.24, 2.45) is 0 Å². The average Bonchev–Trinajstić information content (AvgIpc) is 2.60. The van der Waals surface area contributed by atoms with Crippen molar-refractivity contribution in [1.29, 1.82) is 0 Å². The van der Waals surface area contributed by atoms with Gasteiger partial charge in [-0.15, -0.1) is 0 Å². The van der Waals surface area contributed by atoms with Crippen molar-refractivity contribution in [3.05, 3.63) is 42.0 Å². The van der Waals surface area contributed by atoms with Gasteiger partial charge in [-0.2, -0.15) is 0 Å². The summed E-state index contributed by atoms with van der Waals surface area (Å²) in [6.07, 6.45) is 1.98. The lowest BCUT2D eigenvalue weighted by Gasteiger charge is -2.25. The molecule has 1 aromatic carbocycles. The molecule has 0 spiro atoms. The largest absolute Gasteiger partial charge is 0.444 e.